The Morgan fingerprint density at radius 3 is 2.26 bits per heavy atom. The van der Waals surface area contributed by atoms with Crippen LogP contribution in [0.25, 0.3) is 11.6 Å². The van der Waals surface area contributed by atoms with Gasteiger partial charge in [0.15, 0.2) is 0 Å². The molecule has 1 fully saturated rings. The number of hydrogen-bond donors (Lipinski definition) is 2. The molecule has 38 heavy (non-hydrogen) atoms. The van der Waals surface area contributed by atoms with Crippen molar-refractivity contribution in [2.75, 3.05) is 44.7 Å². The minimum Gasteiger partial charge on any atom is -0.497 e. The van der Waals surface area contributed by atoms with E-state index >= 15 is 0 Å². The highest BCUT2D eigenvalue weighted by molar-refractivity contribution is 5.93. The molecule has 194 valence electrons. The van der Waals surface area contributed by atoms with Gasteiger partial charge in [-0.05, 0) is 42.5 Å². The van der Waals surface area contributed by atoms with Gasteiger partial charge in [-0.1, -0.05) is 36.4 Å². The fraction of sp³-hybridized carbons (Fsp3) is 0.200. The number of hydrogen-bond acceptors (Lipinski definition) is 5. The van der Waals surface area contributed by atoms with Gasteiger partial charge in [0.25, 0.3) is 0 Å². The lowest BCUT2D eigenvalue weighted by Gasteiger charge is -2.45. The summed E-state index contributed by atoms with van der Waals surface area (Å²) in [5.41, 5.74) is 3.50. The van der Waals surface area contributed by atoms with Crippen molar-refractivity contribution in [2.24, 2.45) is 0 Å². The molecule has 3 aromatic rings. The molecule has 2 aliphatic rings. The van der Waals surface area contributed by atoms with E-state index in [1.54, 1.807) is 7.11 Å². The van der Waals surface area contributed by atoms with Gasteiger partial charge >= 0.3 is 11.9 Å². The van der Waals surface area contributed by atoms with Crippen molar-refractivity contribution in [1.29, 1.82) is 0 Å². The fourth-order valence-electron chi connectivity index (χ4n) is 5.26. The first-order chi connectivity index (χ1) is 18.4. The monoisotopic (exact) mass is 513 g/mol. The second kappa shape index (κ2) is 10.4. The normalized spacial score (nSPS) is 16.3. The lowest BCUT2D eigenvalue weighted by molar-refractivity contribution is -0.881. The molecule has 3 aromatic carbocycles. The van der Waals surface area contributed by atoms with Crippen molar-refractivity contribution in [1.82, 2.24) is 0 Å². The molecule has 0 radical (unpaired) electrons. The third kappa shape index (κ3) is 4.99. The molecule has 2 aliphatic heterocycles. The summed E-state index contributed by atoms with van der Waals surface area (Å²) in [4.78, 5) is 26.4. The molecule has 0 bridgehead atoms. The Kier molecular flexibility index (Phi) is 6.89. The summed E-state index contributed by atoms with van der Waals surface area (Å²) in [5, 5.41) is 19.8. The van der Waals surface area contributed by atoms with E-state index in [4.69, 9.17) is 9.47 Å². The maximum absolute atomic E-state index is 12.5. The third-order valence-electron chi connectivity index (χ3n) is 7.20. The van der Waals surface area contributed by atoms with Crippen LogP contribution in [0.15, 0.2) is 84.6 Å². The topological polar surface area (TPSA) is 96.3 Å². The van der Waals surface area contributed by atoms with Gasteiger partial charge in [0.05, 0.1) is 26.3 Å². The van der Waals surface area contributed by atoms with E-state index in [0.29, 0.717) is 44.2 Å². The number of rotatable bonds is 7. The van der Waals surface area contributed by atoms with Crippen molar-refractivity contribution in [3.05, 3.63) is 95.7 Å². The highest BCUT2D eigenvalue weighted by atomic mass is 16.5. The van der Waals surface area contributed by atoms with Gasteiger partial charge in [-0.2, -0.15) is 0 Å². The van der Waals surface area contributed by atoms with Crippen LogP contribution >= 0.6 is 0 Å². The van der Waals surface area contributed by atoms with E-state index in [1.165, 1.54) is 0 Å². The van der Waals surface area contributed by atoms with Gasteiger partial charge in [0.2, 0.25) is 5.70 Å². The van der Waals surface area contributed by atoms with E-state index in [1.807, 2.05) is 78.9 Å². The van der Waals surface area contributed by atoms with Crippen LogP contribution in [0.4, 0.5) is 5.69 Å². The molecule has 0 atom stereocenters. The molecule has 0 spiro atoms. The SMILES string of the molecule is COc1ccc(N2CC[N+](CC3=Cc4ccccc4Oc4ccccc43)(/C(=C\C(=O)O)C(=O)O)CC2)cc1. The number of quaternary nitrogens is 1. The number of piperazine rings is 1. The number of aliphatic carboxylic acids is 2. The van der Waals surface area contributed by atoms with Crippen molar-refractivity contribution >= 4 is 29.3 Å². The number of fused-ring (bicyclic) bond motifs is 2. The maximum atomic E-state index is 12.5. The molecule has 8 heteroatoms. The lowest BCUT2D eigenvalue weighted by atomic mass is 9.99. The molecule has 0 aliphatic carbocycles. The molecule has 0 aromatic heterocycles. The summed E-state index contributed by atoms with van der Waals surface area (Å²) < 4.78 is 11.5. The first-order valence-electron chi connectivity index (χ1n) is 12.4. The summed E-state index contributed by atoms with van der Waals surface area (Å²) in [6.45, 7) is 2.24. The van der Waals surface area contributed by atoms with Crippen LogP contribution in [-0.2, 0) is 9.59 Å². The Morgan fingerprint density at radius 2 is 1.61 bits per heavy atom. The molecule has 2 heterocycles. The van der Waals surface area contributed by atoms with Gasteiger partial charge < -0.3 is 24.6 Å². The number of anilines is 1. The standard InChI is InChI=1S/C30H28N2O6/c1-37-24-12-10-23(11-13-24)31-14-16-32(17-15-31,26(30(35)36)19-29(33)34)20-22-18-21-6-2-4-8-27(21)38-28-9-5-3-7-25(22)28/h2-13,18-19H,14-17,20H2,1H3,(H-,33,34,35,36)/p+1/b26-19-. The van der Waals surface area contributed by atoms with Crippen LogP contribution in [0.1, 0.15) is 11.1 Å². The molecule has 1 saturated heterocycles. The van der Waals surface area contributed by atoms with E-state index in [0.717, 1.165) is 34.2 Å². The molecule has 5 rings (SSSR count). The molecule has 0 amide bonds. The zero-order chi connectivity index (χ0) is 26.7. The van der Waals surface area contributed by atoms with Crippen LogP contribution in [-0.4, -0.2) is 66.5 Å². The number of nitrogens with zero attached hydrogens (tertiary/aromatic N) is 2. The third-order valence-corrected chi connectivity index (χ3v) is 7.20. The average molecular weight is 514 g/mol. The smallest absolute Gasteiger partial charge is 0.390 e. The number of carbonyl (C=O) groups is 2. The Hall–Kier alpha value is -4.56. The Balaban J connectivity index is 1.55. The van der Waals surface area contributed by atoms with Gasteiger partial charge in [0.1, 0.15) is 36.9 Å². The van der Waals surface area contributed by atoms with Crippen LogP contribution in [0.2, 0.25) is 0 Å². The lowest BCUT2D eigenvalue weighted by Crippen LogP contribution is -2.60. The number of ether oxygens (including phenoxy) is 2. The molecular weight excluding hydrogens is 484 g/mol. The molecule has 8 nitrogen and oxygen atoms in total. The average Bonchev–Trinajstić information content (AvgIpc) is 3.08. The predicted molar refractivity (Wildman–Crippen MR) is 144 cm³/mol. The van der Waals surface area contributed by atoms with Crippen molar-refractivity contribution < 1.29 is 33.8 Å². The first-order valence-corrected chi connectivity index (χ1v) is 12.4. The summed E-state index contributed by atoms with van der Waals surface area (Å²) in [5.74, 6) is -0.357. The minimum atomic E-state index is -1.28. The molecule has 0 unspecified atom stereocenters. The Labute approximate surface area is 220 Å². The number of methoxy groups -OCH3 is 1. The Bertz CT molecular complexity index is 1420. The number of benzene rings is 3. The minimum absolute atomic E-state index is 0.00335. The molecule has 0 saturated carbocycles. The Morgan fingerprint density at radius 1 is 0.947 bits per heavy atom. The largest absolute Gasteiger partial charge is 0.497 e. The highest BCUT2D eigenvalue weighted by Gasteiger charge is 2.42. The summed E-state index contributed by atoms with van der Waals surface area (Å²) in [6.07, 6.45) is 2.87. The summed E-state index contributed by atoms with van der Waals surface area (Å²) >= 11 is 0. The van der Waals surface area contributed by atoms with Crippen molar-refractivity contribution in [2.45, 2.75) is 0 Å². The summed E-state index contributed by atoms with van der Waals surface area (Å²) in [7, 11) is 1.62. The summed E-state index contributed by atoms with van der Waals surface area (Å²) in [6, 6.07) is 23.1. The zero-order valence-corrected chi connectivity index (χ0v) is 21.0. The highest BCUT2D eigenvalue weighted by Crippen LogP contribution is 2.40. The second-order valence-corrected chi connectivity index (χ2v) is 9.41. The van der Waals surface area contributed by atoms with Gasteiger partial charge in [0, 0.05) is 22.4 Å². The van der Waals surface area contributed by atoms with Gasteiger partial charge in [-0.3, -0.25) is 4.48 Å². The van der Waals surface area contributed by atoms with Crippen LogP contribution in [0.5, 0.6) is 17.2 Å². The van der Waals surface area contributed by atoms with E-state index in [9.17, 15) is 19.8 Å². The molecular formula is C30H29N2O6+. The predicted octanol–water partition coefficient (Wildman–Crippen LogP) is 4.73. The van der Waals surface area contributed by atoms with E-state index < -0.39 is 11.9 Å². The zero-order valence-electron chi connectivity index (χ0n) is 21.0. The van der Waals surface area contributed by atoms with Crippen LogP contribution in [0.3, 0.4) is 0 Å². The quantitative estimate of drug-likeness (QED) is 0.348. The van der Waals surface area contributed by atoms with Crippen molar-refractivity contribution in [3.8, 4) is 17.2 Å². The van der Waals surface area contributed by atoms with Crippen LogP contribution < -0.4 is 14.4 Å². The maximum Gasteiger partial charge on any atom is 0.390 e. The van der Waals surface area contributed by atoms with Gasteiger partial charge in [-0.15, -0.1) is 0 Å². The van der Waals surface area contributed by atoms with Gasteiger partial charge in [-0.25, -0.2) is 9.59 Å². The number of carboxylic acid groups (broad SMARTS) is 2. The second-order valence-electron chi connectivity index (χ2n) is 9.41. The molecule has 2 N–H and O–H groups in total. The first kappa shape index (κ1) is 25.1. The van der Waals surface area contributed by atoms with E-state index in [-0.39, 0.29) is 10.2 Å². The van der Waals surface area contributed by atoms with E-state index in [2.05, 4.69) is 4.90 Å². The van der Waals surface area contributed by atoms with Crippen molar-refractivity contribution in [3.63, 3.8) is 0 Å². The fourth-order valence-corrected chi connectivity index (χ4v) is 5.26. The number of carboxylic acids is 2. The van der Waals surface area contributed by atoms with Crippen LogP contribution in [0, 0.1) is 0 Å². The number of para-hydroxylation sites is 2.